The largest absolute Gasteiger partial charge is 0.495 e. The molecule has 8 nitrogen and oxygen atoms in total. The maximum absolute atomic E-state index is 13.1. The van der Waals surface area contributed by atoms with Crippen LogP contribution in [-0.4, -0.2) is 69.6 Å². The van der Waals surface area contributed by atoms with E-state index in [1.807, 2.05) is 32.7 Å². The molecule has 32 heavy (non-hydrogen) atoms. The number of aromatic nitrogens is 1. The summed E-state index contributed by atoms with van der Waals surface area (Å²) in [5.74, 6) is -1.60. The first-order chi connectivity index (χ1) is 15.0. The van der Waals surface area contributed by atoms with Gasteiger partial charge in [-0.15, -0.1) is 0 Å². The van der Waals surface area contributed by atoms with Crippen molar-refractivity contribution in [3.63, 3.8) is 0 Å². The van der Waals surface area contributed by atoms with Gasteiger partial charge >= 0.3 is 5.97 Å². The summed E-state index contributed by atoms with van der Waals surface area (Å²) in [5, 5.41) is 34.4. The molecule has 0 saturated heterocycles. The van der Waals surface area contributed by atoms with E-state index in [0.717, 1.165) is 0 Å². The van der Waals surface area contributed by atoms with E-state index in [0.29, 0.717) is 5.56 Å². The van der Waals surface area contributed by atoms with Gasteiger partial charge < -0.3 is 29.7 Å². The molecule has 1 aliphatic heterocycles. The van der Waals surface area contributed by atoms with Gasteiger partial charge in [-0.2, -0.15) is 0 Å². The summed E-state index contributed by atoms with van der Waals surface area (Å²) >= 11 is 0. The van der Waals surface area contributed by atoms with Crippen molar-refractivity contribution in [2.45, 2.75) is 49.5 Å². The second kappa shape index (κ2) is 7.43. The average molecular weight is 443 g/mol. The van der Waals surface area contributed by atoms with E-state index in [9.17, 15) is 20.1 Å². The Kier molecular flexibility index (Phi) is 5.23. The minimum Gasteiger partial charge on any atom is -0.495 e. The predicted octanol–water partition coefficient (Wildman–Crippen LogP) is 1.78. The van der Waals surface area contributed by atoms with Crippen LogP contribution in [0.4, 0.5) is 0 Å². The lowest BCUT2D eigenvalue weighted by molar-refractivity contribution is -0.152. The van der Waals surface area contributed by atoms with E-state index in [1.165, 1.54) is 19.5 Å². The molecule has 1 fully saturated rings. The van der Waals surface area contributed by atoms with Crippen LogP contribution in [0.1, 0.15) is 31.9 Å². The number of aliphatic hydroxyl groups is 2. The lowest BCUT2D eigenvalue weighted by atomic mass is 9.69. The van der Waals surface area contributed by atoms with Gasteiger partial charge in [0.1, 0.15) is 16.9 Å². The summed E-state index contributed by atoms with van der Waals surface area (Å²) in [5.41, 5.74) is -3.32. The second-order valence-electron chi connectivity index (χ2n) is 9.68. The van der Waals surface area contributed by atoms with E-state index >= 15 is 0 Å². The van der Waals surface area contributed by atoms with Gasteiger partial charge in [0, 0.05) is 18.0 Å². The number of rotatable bonds is 5. The van der Waals surface area contributed by atoms with Gasteiger partial charge in [0.15, 0.2) is 11.7 Å². The van der Waals surface area contributed by atoms with Gasteiger partial charge in [0.05, 0.1) is 31.2 Å². The molecule has 0 amide bonds. The van der Waals surface area contributed by atoms with Crippen molar-refractivity contribution in [3.8, 4) is 11.5 Å². The molecule has 172 valence electrons. The van der Waals surface area contributed by atoms with Gasteiger partial charge in [-0.05, 0) is 33.4 Å². The Morgan fingerprint density at radius 1 is 1.25 bits per heavy atom. The Labute approximate surface area is 187 Å². The molecule has 5 atom stereocenters. The molecule has 1 aromatic carbocycles. The van der Waals surface area contributed by atoms with Crippen LogP contribution in [0.3, 0.4) is 0 Å². The maximum Gasteiger partial charge on any atom is 0.318 e. The Morgan fingerprint density at radius 2 is 1.91 bits per heavy atom. The summed E-state index contributed by atoms with van der Waals surface area (Å²) < 4.78 is 11.5. The Bertz CT molecular complexity index is 1020. The third-order valence-electron chi connectivity index (χ3n) is 7.19. The zero-order chi connectivity index (χ0) is 23.5. The van der Waals surface area contributed by atoms with Crippen molar-refractivity contribution in [1.29, 1.82) is 0 Å². The number of carboxylic acids is 1. The number of ether oxygens (including phenoxy) is 2. The standard InChI is InChI=1S/C24H30N2O6/c1-22(2,3)26(4)13-15-19(27)24(30)18-16(31-5)11-25-12-17(18)32-20(24)23(15,21(28)29)14-9-7-6-8-10-14/h6-12,15,19-20,27,30H,13H2,1-5H3,(H,28,29)/t15-,19+,20+,23?,24-/m0/s1. The van der Waals surface area contributed by atoms with E-state index < -0.39 is 35.1 Å². The molecule has 2 aliphatic rings. The van der Waals surface area contributed by atoms with Crippen LogP contribution < -0.4 is 9.47 Å². The number of carboxylic acid groups (broad SMARTS) is 1. The number of hydrogen-bond acceptors (Lipinski definition) is 7. The quantitative estimate of drug-likeness (QED) is 0.643. The number of carbonyl (C=O) groups is 1. The number of nitrogens with zero attached hydrogens (tertiary/aromatic N) is 2. The van der Waals surface area contributed by atoms with Crippen molar-refractivity contribution in [3.05, 3.63) is 53.9 Å². The highest BCUT2D eigenvalue weighted by molar-refractivity contribution is 5.85. The first-order valence-corrected chi connectivity index (χ1v) is 10.6. The van der Waals surface area contributed by atoms with Gasteiger partial charge in [0.2, 0.25) is 0 Å². The molecular weight excluding hydrogens is 412 g/mol. The molecule has 1 saturated carbocycles. The molecule has 4 rings (SSSR count). The second-order valence-corrected chi connectivity index (χ2v) is 9.68. The van der Waals surface area contributed by atoms with Crippen molar-refractivity contribution in [1.82, 2.24) is 9.88 Å². The third kappa shape index (κ3) is 2.86. The molecule has 2 aromatic rings. The van der Waals surface area contributed by atoms with Crippen LogP contribution in [0, 0.1) is 5.92 Å². The minimum absolute atomic E-state index is 0.208. The van der Waals surface area contributed by atoms with Crippen LogP contribution in [-0.2, 0) is 15.8 Å². The van der Waals surface area contributed by atoms with Gasteiger partial charge in [-0.1, -0.05) is 30.3 Å². The zero-order valence-electron chi connectivity index (χ0n) is 18.9. The monoisotopic (exact) mass is 442 g/mol. The SMILES string of the molecule is COc1cncc2c1[C@]1(O)[C@H](O)[C@H](CN(C)C(C)(C)C)C(C(=O)O)(c3ccccc3)[C@H]1O2. The Balaban J connectivity index is 1.99. The van der Waals surface area contributed by atoms with Crippen molar-refractivity contribution < 1.29 is 29.6 Å². The first kappa shape index (κ1) is 22.5. The Morgan fingerprint density at radius 3 is 2.47 bits per heavy atom. The molecule has 0 radical (unpaired) electrons. The first-order valence-electron chi connectivity index (χ1n) is 10.6. The summed E-state index contributed by atoms with van der Waals surface area (Å²) in [6, 6.07) is 8.71. The lowest BCUT2D eigenvalue weighted by Gasteiger charge is -2.41. The molecule has 0 spiro atoms. The third-order valence-corrected chi connectivity index (χ3v) is 7.19. The highest BCUT2D eigenvalue weighted by Crippen LogP contribution is 2.62. The fourth-order valence-corrected chi connectivity index (χ4v) is 5.19. The van der Waals surface area contributed by atoms with Gasteiger partial charge in [-0.25, -0.2) is 0 Å². The van der Waals surface area contributed by atoms with Gasteiger partial charge in [0.25, 0.3) is 0 Å². The fourth-order valence-electron chi connectivity index (χ4n) is 5.19. The molecule has 0 bridgehead atoms. The molecule has 2 heterocycles. The van der Waals surface area contributed by atoms with E-state index in [2.05, 4.69) is 4.98 Å². The number of fused-ring (bicyclic) bond motifs is 3. The minimum atomic E-state index is -2.00. The van der Waals surface area contributed by atoms with Crippen LogP contribution >= 0.6 is 0 Å². The van der Waals surface area contributed by atoms with Crippen molar-refractivity contribution in [2.75, 3.05) is 20.7 Å². The number of methoxy groups -OCH3 is 1. The molecular formula is C24H30N2O6. The van der Waals surface area contributed by atoms with Crippen LogP contribution in [0.2, 0.25) is 0 Å². The van der Waals surface area contributed by atoms with E-state index in [-0.39, 0.29) is 29.1 Å². The fraction of sp³-hybridized carbons (Fsp3) is 0.500. The average Bonchev–Trinajstić information content (AvgIpc) is 3.15. The summed E-state index contributed by atoms with van der Waals surface area (Å²) in [6.07, 6.45) is 0.117. The van der Waals surface area contributed by atoms with E-state index in [4.69, 9.17) is 9.47 Å². The van der Waals surface area contributed by atoms with Crippen LogP contribution in [0.25, 0.3) is 0 Å². The topological polar surface area (TPSA) is 112 Å². The molecule has 3 N–H and O–H groups in total. The van der Waals surface area contributed by atoms with Crippen molar-refractivity contribution in [2.24, 2.45) is 5.92 Å². The lowest BCUT2D eigenvalue weighted by Crippen LogP contribution is -2.55. The summed E-state index contributed by atoms with van der Waals surface area (Å²) in [7, 11) is 3.31. The molecule has 1 unspecified atom stereocenters. The van der Waals surface area contributed by atoms with Gasteiger partial charge in [-0.3, -0.25) is 9.78 Å². The predicted molar refractivity (Wildman–Crippen MR) is 117 cm³/mol. The van der Waals surface area contributed by atoms with Crippen LogP contribution in [0.15, 0.2) is 42.7 Å². The highest BCUT2D eigenvalue weighted by atomic mass is 16.5. The molecule has 1 aliphatic carbocycles. The van der Waals surface area contributed by atoms with Crippen LogP contribution in [0.5, 0.6) is 11.5 Å². The number of benzene rings is 1. The normalized spacial score (nSPS) is 31.2. The van der Waals surface area contributed by atoms with E-state index in [1.54, 1.807) is 30.3 Å². The molecule has 8 heteroatoms. The smallest absolute Gasteiger partial charge is 0.318 e. The highest BCUT2D eigenvalue weighted by Gasteiger charge is 2.76. The Hall–Kier alpha value is -2.68. The summed E-state index contributed by atoms with van der Waals surface area (Å²) in [4.78, 5) is 19.2. The summed E-state index contributed by atoms with van der Waals surface area (Å²) in [6.45, 7) is 6.25. The van der Waals surface area contributed by atoms with Crippen molar-refractivity contribution >= 4 is 5.97 Å². The maximum atomic E-state index is 13.1. The number of pyridine rings is 1. The number of aliphatic hydroxyl groups excluding tert-OH is 1. The molecule has 1 aromatic heterocycles. The zero-order valence-corrected chi connectivity index (χ0v) is 18.9. The number of hydrogen-bond donors (Lipinski definition) is 3. The number of aliphatic carboxylic acids is 1.